The molecule has 3 heteroatoms. The minimum absolute atomic E-state index is 0.790. The van der Waals surface area contributed by atoms with Crippen molar-refractivity contribution in [1.29, 1.82) is 0 Å². The van der Waals surface area contributed by atoms with E-state index in [1.165, 1.54) is 40.7 Å². The molecule has 1 aromatic carbocycles. The molecule has 0 aromatic heterocycles. The number of carboxylic acids is 1. The smallest absolute Gasteiger partial charge is 0.327 e. The van der Waals surface area contributed by atoms with Gasteiger partial charge < -0.3 is 5.11 Å². The average molecular weight is 248 g/mol. The van der Waals surface area contributed by atoms with E-state index in [9.17, 15) is 4.79 Å². The van der Waals surface area contributed by atoms with E-state index in [0.29, 0.717) is 0 Å². The quantitative estimate of drug-likeness (QED) is 0.831. The van der Waals surface area contributed by atoms with E-state index < -0.39 is 5.97 Å². The highest BCUT2D eigenvalue weighted by Crippen LogP contribution is 2.30. The van der Waals surface area contributed by atoms with Crippen LogP contribution < -0.4 is 0 Å². The van der Waals surface area contributed by atoms with Gasteiger partial charge in [-0.2, -0.15) is 0 Å². The number of allylic oxidation sites excluding steroid dienone is 1. The molecule has 0 unspecified atom stereocenters. The van der Waals surface area contributed by atoms with E-state index in [4.69, 9.17) is 5.11 Å². The van der Waals surface area contributed by atoms with Crippen molar-refractivity contribution in [3.05, 3.63) is 41.5 Å². The number of aryl methyl sites for hydroxylation is 2. The predicted molar refractivity (Wildman–Crippen MR) is 70.6 cm³/mol. The zero-order valence-electron chi connectivity index (χ0n) is 9.69. The van der Waals surface area contributed by atoms with Gasteiger partial charge in [0.25, 0.3) is 0 Å². The Hall–Kier alpha value is -1.22. The highest BCUT2D eigenvalue weighted by atomic mass is 32.2. The van der Waals surface area contributed by atoms with E-state index in [1.807, 2.05) is 11.8 Å². The summed E-state index contributed by atoms with van der Waals surface area (Å²) in [5.74, 6) is 0.361. The van der Waals surface area contributed by atoms with Gasteiger partial charge in [0.2, 0.25) is 0 Å². The van der Waals surface area contributed by atoms with Crippen LogP contribution in [0.5, 0.6) is 0 Å². The number of benzene rings is 1. The van der Waals surface area contributed by atoms with E-state index in [1.54, 1.807) is 6.08 Å². The molecule has 2 nitrogen and oxygen atoms in total. The molecule has 0 bridgehead atoms. The molecule has 0 radical (unpaired) electrons. The number of fused-ring (bicyclic) bond motifs is 1. The summed E-state index contributed by atoms with van der Waals surface area (Å²) in [6.07, 6.45) is 7.09. The van der Waals surface area contributed by atoms with Crippen molar-refractivity contribution < 1.29 is 9.90 Å². The van der Waals surface area contributed by atoms with Crippen LogP contribution in [0.3, 0.4) is 0 Å². The molecular weight excluding hydrogens is 232 g/mol. The van der Waals surface area contributed by atoms with E-state index in [-0.39, 0.29) is 0 Å². The fourth-order valence-electron chi connectivity index (χ4n) is 2.00. The second kappa shape index (κ2) is 5.92. The van der Waals surface area contributed by atoms with Crippen LogP contribution in [-0.4, -0.2) is 16.8 Å². The fourth-order valence-corrected chi connectivity index (χ4v) is 3.02. The first-order valence-corrected chi connectivity index (χ1v) is 6.88. The summed E-state index contributed by atoms with van der Waals surface area (Å²) in [6, 6.07) is 6.64. The van der Waals surface area contributed by atoms with Gasteiger partial charge >= 0.3 is 5.97 Å². The van der Waals surface area contributed by atoms with Gasteiger partial charge in [-0.05, 0) is 48.6 Å². The van der Waals surface area contributed by atoms with Crippen molar-refractivity contribution in [3.8, 4) is 0 Å². The van der Waals surface area contributed by atoms with Crippen LogP contribution in [0.1, 0.15) is 24.0 Å². The lowest BCUT2D eigenvalue weighted by atomic mass is 10.0. The first kappa shape index (κ1) is 12.2. The second-order valence-electron chi connectivity index (χ2n) is 4.17. The number of aliphatic carboxylic acids is 1. The Morgan fingerprint density at radius 1 is 1.47 bits per heavy atom. The second-order valence-corrected chi connectivity index (χ2v) is 5.31. The van der Waals surface area contributed by atoms with Gasteiger partial charge in [-0.1, -0.05) is 18.2 Å². The lowest BCUT2D eigenvalue weighted by Crippen LogP contribution is -1.99. The van der Waals surface area contributed by atoms with Crippen LogP contribution in [0.25, 0.3) is 0 Å². The van der Waals surface area contributed by atoms with E-state index in [0.717, 1.165) is 12.8 Å². The molecule has 0 saturated carbocycles. The summed E-state index contributed by atoms with van der Waals surface area (Å²) >= 11 is 1.94. The van der Waals surface area contributed by atoms with Crippen LogP contribution in [-0.2, 0) is 17.6 Å². The number of carboxylic acid groups (broad SMARTS) is 1. The third-order valence-corrected chi connectivity index (χ3v) is 4.04. The minimum Gasteiger partial charge on any atom is -0.478 e. The molecule has 1 aliphatic heterocycles. The maximum absolute atomic E-state index is 10.3. The van der Waals surface area contributed by atoms with Gasteiger partial charge in [-0.3, -0.25) is 0 Å². The third-order valence-electron chi connectivity index (χ3n) is 2.83. The number of rotatable bonds is 4. The van der Waals surface area contributed by atoms with Gasteiger partial charge in [0, 0.05) is 11.0 Å². The highest BCUT2D eigenvalue weighted by molar-refractivity contribution is 7.99. The molecule has 0 fully saturated rings. The third kappa shape index (κ3) is 3.63. The lowest BCUT2D eigenvalue weighted by Gasteiger charge is -2.15. The maximum Gasteiger partial charge on any atom is 0.327 e. The Balaban J connectivity index is 1.95. The molecule has 0 spiro atoms. The summed E-state index contributed by atoms with van der Waals surface area (Å²) < 4.78 is 0. The largest absolute Gasteiger partial charge is 0.478 e. The summed E-state index contributed by atoms with van der Waals surface area (Å²) in [5.41, 5.74) is 2.77. The number of hydrogen-bond acceptors (Lipinski definition) is 2. The normalized spacial score (nSPS) is 14.8. The molecule has 1 N–H and O–H groups in total. The summed E-state index contributed by atoms with van der Waals surface area (Å²) in [5, 5.41) is 8.48. The topological polar surface area (TPSA) is 37.3 Å². The van der Waals surface area contributed by atoms with Crippen LogP contribution >= 0.6 is 11.8 Å². The molecule has 1 aliphatic rings. The molecule has 0 saturated heterocycles. The first-order chi connectivity index (χ1) is 8.25. The zero-order valence-corrected chi connectivity index (χ0v) is 10.5. The van der Waals surface area contributed by atoms with Crippen molar-refractivity contribution in [2.45, 2.75) is 30.6 Å². The van der Waals surface area contributed by atoms with Crippen molar-refractivity contribution >= 4 is 17.7 Å². The predicted octanol–water partition coefficient (Wildman–Crippen LogP) is 3.30. The highest BCUT2D eigenvalue weighted by Gasteiger charge is 2.09. The maximum atomic E-state index is 10.3. The van der Waals surface area contributed by atoms with Crippen molar-refractivity contribution in [2.75, 3.05) is 5.75 Å². The fraction of sp³-hybridized carbons (Fsp3) is 0.357. The van der Waals surface area contributed by atoms with E-state index >= 15 is 0 Å². The summed E-state index contributed by atoms with van der Waals surface area (Å²) in [7, 11) is 0. The Morgan fingerprint density at radius 3 is 3.18 bits per heavy atom. The molecule has 1 heterocycles. The van der Waals surface area contributed by atoms with E-state index in [2.05, 4.69) is 18.2 Å². The van der Waals surface area contributed by atoms with Gasteiger partial charge in [0.1, 0.15) is 0 Å². The molecule has 17 heavy (non-hydrogen) atoms. The molecule has 2 rings (SSSR count). The first-order valence-electron chi connectivity index (χ1n) is 5.90. The number of carbonyl (C=O) groups is 1. The number of hydrogen-bond donors (Lipinski definition) is 1. The van der Waals surface area contributed by atoms with Crippen molar-refractivity contribution in [1.82, 2.24) is 0 Å². The molecular formula is C14H16O2S. The monoisotopic (exact) mass is 248 g/mol. The van der Waals surface area contributed by atoms with Crippen LogP contribution in [0.4, 0.5) is 0 Å². The van der Waals surface area contributed by atoms with Crippen LogP contribution in [0, 0.1) is 0 Å². The molecule has 1 aromatic rings. The van der Waals surface area contributed by atoms with Crippen LogP contribution in [0.2, 0.25) is 0 Å². The van der Waals surface area contributed by atoms with Crippen LogP contribution in [0.15, 0.2) is 35.2 Å². The number of thioether (sulfide) groups is 1. The molecule has 0 atom stereocenters. The minimum atomic E-state index is -0.869. The molecule has 0 aliphatic carbocycles. The van der Waals surface area contributed by atoms with Gasteiger partial charge in [0.05, 0.1) is 0 Å². The summed E-state index contributed by atoms with van der Waals surface area (Å²) in [6.45, 7) is 0. The van der Waals surface area contributed by atoms with Gasteiger partial charge in [0.15, 0.2) is 0 Å². The SMILES string of the molecule is O=C(O)/C=C/CCc1ccc2c(c1)CCCS2. The Labute approximate surface area is 106 Å². The Morgan fingerprint density at radius 2 is 2.35 bits per heavy atom. The molecule has 90 valence electrons. The Kier molecular flexibility index (Phi) is 4.26. The van der Waals surface area contributed by atoms with Crippen molar-refractivity contribution in [3.63, 3.8) is 0 Å². The lowest BCUT2D eigenvalue weighted by molar-refractivity contribution is -0.131. The summed E-state index contributed by atoms with van der Waals surface area (Å²) in [4.78, 5) is 11.7. The van der Waals surface area contributed by atoms with Crippen molar-refractivity contribution in [2.24, 2.45) is 0 Å². The average Bonchev–Trinajstić information content (AvgIpc) is 2.34. The molecule has 0 amide bonds. The van der Waals surface area contributed by atoms with Gasteiger partial charge in [-0.25, -0.2) is 4.79 Å². The van der Waals surface area contributed by atoms with Gasteiger partial charge in [-0.15, -0.1) is 11.8 Å². The Bertz CT molecular complexity index is 438. The zero-order chi connectivity index (χ0) is 12.1. The standard InChI is InChI=1S/C14H16O2S/c15-14(16)6-2-1-4-11-7-8-13-12(10-11)5-3-9-17-13/h2,6-8,10H,1,3-5,9H2,(H,15,16)/b6-2+.